The van der Waals surface area contributed by atoms with E-state index in [-0.39, 0.29) is 0 Å². The lowest BCUT2D eigenvalue weighted by Gasteiger charge is -2.09. The van der Waals surface area contributed by atoms with Crippen LogP contribution in [0.25, 0.3) is 6.08 Å². The predicted molar refractivity (Wildman–Crippen MR) is 101 cm³/mol. The molecule has 3 nitrogen and oxygen atoms in total. The SMILES string of the molecule is CN(C)CCC(/C=C\c1ccccc1)=N\Nc1ccc(Cl)cc1. The number of halogens is 1. The monoisotopic (exact) mass is 327 g/mol. The van der Waals surface area contributed by atoms with Crippen LogP contribution in [-0.4, -0.2) is 31.3 Å². The Morgan fingerprint density at radius 3 is 2.43 bits per heavy atom. The highest BCUT2D eigenvalue weighted by Gasteiger charge is 1.98. The van der Waals surface area contributed by atoms with Crippen LogP contribution in [0.5, 0.6) is 0 Å². The van der Waals surface area contributed by atoms with E-state index in [0.29, 0.717) is 0 Å². The Morgan fingerprint density at radius 2 is 1.78 bits per heavy atom. The molecular formula is C19H22ClN3. The van der Waals surface area contributed by atoms with E-state index >= 15 is 0 Å². The lowest BCUT2D eigenvalue weighted by molar-refractivity contribution is 0.422. The molecule has 0 aliphatic rings. The summed E-state index contributed by atoms with van der Waals surface area (Å²) in [5.41, 5.74) is 6.17. The second-order valence-corrected chi connectivity index (χ2v) is 5.96. The van der Waals surface area contributed by atoms with Gasteiger partial charge in [0.05, 0.1) is 11.4 Å². The normalized spacial score (nSPS) is 12.1. The van der Waals surface area contributed by atoms with Gasteiger partial charge in [-0.3, -0.25) is 5.43 Å². The van der Waals surface area contributed by atoms with E-state index < -0.39 is 0 Å². The number of rotatable bonds is 7. The Kier molecular flexibility index (Phi) is 6.85. The zero-order chi connectivity index (χ0) is 16.5. The number of benzene rings is 2. The molecule has 0 aliphatic carbocycles. The van der Waals surface area contributed by atoms with E-state index in [9.17, 15) is 0 Å². The van der Waals surface area contributed by atoms with Gasteiger partial charge >= 0.3 is 0 Å². The minimum atomic E-state index is 0.719. The third-order valence-corrected chi connectivity index (χ3v) is 3.51. The first-order chi connectivity index (χ1) is 11.1. The third-order valence-electron chi connectivity index (χ3n) is 3.26. The van der Waals surface area contributed by atoms with Gasteiger partial charge in [0.1, 0.15) is 0 Å². The summed E-state index contributed by atoms with van der Waals surface area (Å²) in [6.07, 6.45) is 5.01. The molecule has 1 N–H and O–H groups in total. The van der Waals surface area contributed by atoms with Crippen molar-refractivity contribution in [3.63, 3.8) is 0 Å². The minimum absolute atomic E-state index is 0.719. The largest absolute Gasteiger partial charge is 0.309 e. The molecule has 0 atom stereocenters. The molecule has 0 heterocycles. The van der Waals surface area contributed by atoms with Gasteiger partial charge in [-0.1, -0.05) is 48.0 Å². The van der Waals surface area contributed by atoms with Crippen LogP contribution in [0.15, 0.2) is 65.8 Å². The molecule has 0 bridgehead atoms. The van der Waals surface area contributed by atoms with Crippen LogP contribution in [0.1, 0.15) is 12.0 Å². The van der Waals surface area contributed by atoms with Gasteiger partial charge < -0.3 is 4.90 Å². The maximum Gasteiger partial charge on any atom is 0.0620 e. The summed E-state index contributed by atoms with van der Waals surface area (Å²) < 4.78 is 0. The first-order valence-corrected chi connectivity index (χ1v) is 7.97. The van der Waals surface area contributed by atoms with Gasteiger partial charge in [-0.25, -0.2) is 0 Å². The molecule has 0 spiro atoms. The Balaban J connectivity index is 2.07. The molecule has 0 radical (unpaired) electrons. The van der Waals surface area contributed by atoms with Crippen LogP contribution < -0.4 is 5.43 Å². The number of nitrogens with one attached hydrogen (secondary N) is 1. The summed E-state index contributed by atoms with van der Waals surface area (Å²) in [5, 5.41) is 5.24. The molecule has 0 aromatic heterocycles. The lowest BCUT2D eigenvalue weighted by atomic mass is 10.1. The third kappa shape index (κ3) is 6.68. The van der Waals surface area contributed by atoms with Gasteiger partial charge in [-0.15, -0.1) is 0 Å². The van der Waals surface area contributed by atoms with Crippen LogP contribution in [0.4, 0.5) is 5.69 Å². The van der Waals surface area contributed by atoms with Gasteiger partial charge in [0, 0.05) is 18.0 Å². The van der Waals surface area contributed by atoms with Crippen molar-refractivity contribution in [1.29, 1.82) is 0 Å². The number of anilines is 1. The maximum absolute atomic E-state index is 5.90. The maximum atomic E-state index is 5.90. The van der Waals surface area contributed by atoms with Crippen molar-refractivity contribution in [2.45, 2.75) is 6.42 Å². The smallest absolute Gasteiger partial charge is 0.0620 e. The number of hydrazone groups is 1. The van der Waals surface area contributed by atoms with Crippen molar-refractivity contribution < 1.29 is 0 Å². The van der Waals surface area contributed by atoms with Crippen molar-refractivity contribution in [3.8, 4) is 0 Å². The highest BCUT2D eigenvalue weighted by Crippen LogP contribution is 2.13. The zero-order valence-electron chi connectivity index (χ0n) is 13.5. The summed E-state index contributed by atoms with van der Waals surface area (Å²) >= 11 is 5.90. The van der Waals surface area contributed by atoms with Gasteiger partial charge in [0.2, 0.25) is 0 Å². The molecule has 23 heavy (non-hydrogen) atoms. The van der Waals surface area contributed by atoms with Crippen LogP contribution >= 0.6 is 11.6 Å². The predicted octanol–water partition coefficient (Wildman–Crippen LogP) is 4.77. The Labute approximate surface area is 143 Å². The molecule has 2 aromatic rings. The first-order valence-electron chi connectivity index (χ1n) is 7.59. The van der Waals surface area contributed by atoms with Gasteiger partial charge in [-0.2, -0.15) is 5.10 Å². The fraction of sp³-hybridized carbons (Fsp3) is 0.211. The summed E-state index contributed by atoms with van der Waals surface area (Å²) in [7, 11) is 4.12. The van der Waals surface area contributed by atoms with E-state index in [4.69, 9.17) is 11.6 Å². The van der Waals surface area contributed by atoms with E-state index in [1.807, 2.05) is 42.5 Å². The molecule has 0 fully saturated rings. The number of hydrogen-bond donors (Lipinski definition) is 1. The van der Waals surface area contributed by atoms with E-state index in [1.54, 1.807) is 0 Å². The number of nitrogens with zero attached hydrogens (tertiary/aromatic N) is 2. The average molecular weight is 328 g/mol. The molecule has 4 heteroatoms. The van der Waals surface area contributed by atoms with Crippen LogP contribution in [0.3, 0.4) is 0 Å². The van der Waals surface area contributed by atoms with E-state index in [1.165, 1.54) is 0 Å². The molecular weight excluding hydrogens is 306 g/mol. The lowest BCUT2D eigenvalue weighted by Crippen LogP contribution is -2.16. The Bertz CT molecular complexity index is 646. The molecule has 0 aliphatic heterocycles. The minimum Gasteiger partial charge on any atom is -0.309 e. The number of hydrogen-bond acceptors (Lipinski definition) is 3. The van der Waals surface area contributed by atoms with Gasteiger partial charge in [0.25, 0.3) is 0 Å². The highest BCUT2D eigenvalue weighted by molar-refractivity contribution is 6.30. The van der Waals surface area contributed by atoms with Crippen molar-refractivity contribution in [1.82, 2.24) is 4.90 Å². The van der Waals surface area contributed by atoms with Crippen LogP contribution in [-0.2, 0) is 0 Å². The van der Waals surface area contributed by atoms with E-state index in [2.05, 4.69) is 53.8 Å². The summed E-state index contributed by atoms with van der Waals surface area (Å²) in [6, 6.07) is 17.7. The van der Waals surface area contributed by atoms with Gasteiger partial charge in [0.15, 0.2) is 0 Å². The van der Waals surface area contributed by atoms with Crippen molar-refractivity contribution in [2.75, 3.05) is 26.1 Å². The quantitative estimate of drug-likeness (QED) is 0.585. The van der Waals surface area contributed by atoms with Crippen LogP contribution in [0.2, 0.25) is 5.02 Å². The molecule has 2 rings (SSSR count). The second kappa shape index (κ2) is 9.13. The van der Waals surface area contributed by atoms with Crippen molar-refractivity contribution in [2.24, 2.45) is 5.10 Å². The van der Waals surface area contributed by atoms with Crippen molar-refractivity contribution in [3.05, 3.63) is 71.3 Å². The summed E-state index contributed by atoms with van der Waals surface area (Å²) in [5.74, 6) is 0. The Morgan fingerprint density at radius 1 is 1.09 bits per heavy atom. The molecule has 0 saturated heterocycles. The zero-order valence-corrected chi connectivity index (χ0v) is 14.3. The summed E-state index contributed by atoms with van der Waals surface area (Å²) in [4.78, 5) is 2.15. The molecule has 0 amide bonds. The molecule has 0 unspecified atom stereocenters. The molecule has 2 aromatic carbocycles. The first kappa shape index (κ1) is 17.3. The highest BCUT2D eigenvalue weighted by atomic mass is 35.5. The topological polar surface area (TPSA) is 27.6 Å². The molecule has 0 saturated carbocycles. The van der Waals surface area contributed by atoms with Gasteiger partial charge in [-0.05, 0) is 50.0 Å². The average Bonchev–Trinajstić information content (AvgIpc) is 2.56. The number of allylic oxidation sites excluding steroid dienone is 1. The van der Waals surface area contributed by atoms with E-state index in [0.717, 1.165) is 35.0 Å². The standard InChI is InChI=1S/C19H22ClN3/c1-23(2)15-14-19(11-8-16-6-4-3-5-7-16)22-21-18-12-9-17(20)10-13-18/h3-13,21H,14-15H2,1-2H3/b11-8-,22-19-. The summed E-state index contributed by atoms with van der Waals surface area (Å²) in [6.45, 7) is 0.945. The second-order valence-electron chi connectivity index (χ2n) is 5.52. The van der Waals surface area contributed by atoms with Crippen molar-refractivity contribution >= 4 is 29.1 Å². The van der Waals surface area contributed by atoms with Crippen LogP contribution in [0, 0.1) is 0 Å². The Hall–Kier alpha value is -2.10. The fourth-order valence-corrected chi connectivity index (χ4v) is 2.06. The fourth-order valence-electron chi connectivity index (χ4n) is 1.93. The molecule has 120 valence electrons.